The van der Waals surface area contributed by atoms with E-state index in [1.165, 1.54) is 0 Å². The van der Waals surface area contributed by atoms with Crippen LogP contribution in [0.3, 0.4) is 0 Å². The Balaban J connectivity index is 2.21. The van der Waals surface area contributed by atoms with Gasteiger partial charge < -0.3 is 5.73 Å². The summed E-state index contributed by atoms with van der Waals surface area (Å²) >= 11 is 0. The molecule has 1 atom stereocenters. The molecule has 1 saturated carbocycles. The molecule has 0 bridgehead atoms. The van der Waals surface area contributed by atoms with Gasteiger partial charge in [-0.1, -0.05) is 6.92 Å². The lowest BCUT2D eigenvalue weighted by molar-refractivity contribution is 0.159. The fraction of sp³-hybridized carbons (Fsp3) is 1.00. The average molecular weight is 175 g/mol. The monoisotopic (exact) mass is 175 g/mol. The van der Waals surface area contributed by atoms with Crippen LogP contribution in [-0.4, -0.2) is 21.8 Å². The molecule has 3 heteroatoms. The number of nitrogens with two attached hydrogens (primary N) is 1. The minimum Gasteiger partial charge on any atom is -0.325 e. The zero-order valence-corrected chi connectivity index (χ0v) is 8.12. The van der Waals surface area contributed by atoms with Gasteiger partial charge in [-0.3, -0.25) is 4.21 Å². The van der Waals surface area contributed by atoms with Gasteiger partial charge >= 0.3 is 0 Å². The highest BCUT2D eigenvalue weighted by molar-refractivity contribution is 7.84. The van der Waals surface area contributed by atoms with Crippen LogP contribution >= 0.6 is 0 Å². The molecule has 2 N–H and O–H groups in total. The normalized spacial score (nSPS) is 39.7. The zero-order chi connectivity index (χ0) is 8.48. The highest BCUT2D eigenvalue weighted by Gasteiger charge is 2.37. The van der Waals surface area contributed by atoms with Gasteiger partial charge in [0, 0.05) is 28.3 Å². The molecule has 11 heavy (non-hydrogen) atoms. The van der Waals surface area contributed by atoms with Crippen molar-refractivity contribution in [1.29, 1.82) is 0 Å². The topological polar surface area (TPSA) is 43.1 Å². The van der Waals surface area contributed by atoms with Crippen molar-refractivity contribution in [3.63, 3.8) is 0 Å². The van der Waals surface area contributed by atoms with Gasteiger partial charge in [0.15, 0.2) is 0 Å². The Morgan fingerprint density at radius 1 is 1.64 bits per heavy atom. The van der Waals surface area contributed by atoms with E-state index in [0.29, 0.717) is 0 Å². The van der Waals surface area contributed by atoms with Crippen molar-refractivity contribution in [3.05, 3.63) is 0 Å². The largest absolute Gasteiger partial charge is 0.325 e. The van der Waals surface area contributed by atoms with Crippen molar-refractivity contribution < 1.29 is 4.21 Å². The van der Waals surface area contributed by atoms with Crippen molar-refractivity contribution in [2.45, 2.75) is 31.7 Å². The molecule has 1 unspecified atom stereocenters. The molecular weight excluding hydrogens is 158 g/mol. The summed E-state index contributed by atoms with van der Waals surface area (Å²) in [6.45, 7) is 2.22. The van der Waals surface area contributed by atoms with E-state index in [1.807, 2.05) is 0 Å². The Hall–Kier alpha value is 0.110. The molecule has 0 spiro atoms. The first kappa shape index (κ1) is 9.20. The molecular formula is C8H17NOS. The minimum atomic E-state index is -0.671. The van der Waals surface area contributed by atoms with Crippen molar-refractivity contribution in [2.75, 3.05) is 12.0 Å². The Labute approximate surface area is 71.0 Å². The van der Waals surface area contributed by atoms with Crippen molar-refractivity contribution in [1.82, 2.24) is 0 Å². The summed E-state index contributed by atoms with van der Waals surface area (Å²) in [7, 11) is -0.671. The molecule has 1 aliphatic rings. The smallest absolute Gasteiger partial charge is 0.0249 e. The second-order valence-corrected chi connectivity index (χ2v) is 5.46. The van der Waals surface area contributed by atoms with E-state index in [-0.39, 0.29) is 5.54 Å². The molecule has 0 radical (unpaired) electrons. The first-order chi connectivity index (χ1) is 5.02. The zero-order valence-electron chi connectivity index (χ0n) is 7.30. The summed E-state index contributed by atoms with van der Waals surface area (Å²) in [5, 5.41) is 0. The predicted molar refractivity (Wildman–Crippen MR) is 48.9 cm³/mol. The molecule has 1 aliphatic carbocycles. The summed E-state index contributed by atoms with van der Waals surface area (Å²) in [6, 6.07) is 0. The standard InChI is InChI=1S/C8H17NOS/c1-7-5-8(9,6-7)3-4-11(2)10/h7H,3-6,9H2,1-2H3. The van der Waals surface area contributed by atoms with E-state index in [0.717, 1.165) is 30.9 Å². The summed E-state index contributed by atoms with van der Waals surface area (Å²) in [5.74, 6) is 1.55. The highest BCUT2D eigenvalue weighted by Crippen LogP contribution is 2.37. The number of hydrogen-bond donors (Lipinski definition) is 1. The van der Waals surface area contributed by atoms with Gasteiger partial charge in [-0.05, 0) is 25.2 Å². The van der Waals surface area contributed by atoms with Crippen LogP contribution in [-0.2, 0) is 10.8 Å². The van der Waals surface area contributed by atoms with Crippen molar-refractivity contribution in [2.24, 2.45) is 11.7 Å². The summed E-state index contributed by atoms with van der Waals surface area (Å²) in [6.07, 6.45) is 4.90. The molecule has 0 aromatic heterocycles. The van der Waals surface area contributed by atoms with Crippen LogP contribution in [0, 0.1) is 5.92 Å². The Bertz CT molecular complexity index is 163. The number of rotatable bonds is 3. The van der Waals surface area contributed by atoms with E-state index in [9.17, 15) is 4.21 Å². The summed E-state index contributed by atoms with van der Waals surface area (Å²) in [5.41, 5.74) is 6.04. The van der Waals surface area contributed by atoms with Gasteiger partial charge in [-0.2, -0.15) is 0 Å². The molecule has 0 amide bonds. The molecule has 66 valence electrons. The average Bonchev–Trinajstić information content (AvgIpc) is 1.81. The molecule has 1 fully saturated rings. The van der Waals surface area contributed by atoms with Crippen molar-refractivity contribution >= 4 is 10.8 Å². The van der Waals surface area contributed by atoms with Gasteiger partial charge in [0.2, 0.25) is 0 Å². The Kier molecular flexibility index (Phi) is 2.70. The van der Waals surface area contributed by atoms with E-state index in [2.05, 4.69) is 6.92 Å². The Morgan fingerprint density at radius 2 is 2.18 bits per heavy atom. The fourth-order valence-electron chi connectivity index (χ4n) is 1.88. The highest BCUT2D eigenvalue weighted by atomic mass is 32.2. The lowest BCUT2D eigenvalue weighted by Crippen LogP contribution is -2.51. The second-order valence-electron chi connectivity index (χ2n) is 3.90. The molecule has 2 nitrogen and oxygen atoms in total. The van der Waals surface area contributed by atoms with Crippen LogP contribution in [0.25, 0.3) is 0 Å². The maximum absolute atomic E-state index is 10.8. The van der Waals surface area contributed by atoms with Crippen LogP contribution in [0.15, 0.2) is 0 Å². The molecule has 0 heterocycles. The van der Waals surface area contributed by atoms with Gasteiger partial charge in [-0.15, -0.1) is 0 Å². The lowest BCUT2D eigenvalue weighted by Gasteiger charge is -2.43. The first-order valence-electron chi connectivity index (χ1n) is 4.11. The fourth-order valence-corrected chi connectivity index (χ4v) is 2.57. The van der Waals surface area contributed by atoms with Crippen LogP contribution in [0.1, 0.15) is 26.2 Å². The number of hydrogen-bond acceptors (Lipinski definition) is 2. The molecule has 1 rings (SSSR count). The van der Waals surface area contributed by atoms with Gasteiger partial charge in [-0.25, -0.2) is 0 Å². The quantitative estimate of drug-likeness (QED) is 0.692. The van der Waals surface area contributed by atoms with Gasteiger partial charge in [0.05, 0.1) is 0 Å². The van der Waals surface area contributed by atoms with E-state index in [4.69, 9.17) is 5.73 Å². The third-order valence-corrected chi connectivity index (χ3v) is 3.18. The first-order valence-corrected chi connectivity index (χ1v) is 5.83. The van der Waals surface area contributed by atoms with Crippen LogP contribution < -0.4 is 5.73 Å². The van der Waals surface area contributed by atoms with Crippen LogP contribution in [0.5, 0.6) is 0 Å². The lowest BCUT2D eigenvalue weighted by atomic mass is 9.68. The van der Waals surface area contributed by atoms with Gasteiger partial charge in [0.25, 0.3) is 0 Å². The Morgan fingerprint density at radius 3 is 2.55 bits per heavy atom. The van der Waals surface area contributed by atoms with E-state index < -0.39 is 10.8 Å². The molecule has 0 aromatic carbocycles. The van der Waals surface area contributed by atoms with Crippen LogP contribution in [0.2, 0.25) is 0 Å². The third-order valence-electron chi connectivity index (χ3n) is 2.40. The van der Waals surface area contributed by atoms with Crippen LogP contribution in [0.4, 0.5) is 0 Å². The second kappa shape index (κ2) is 3.23. The third kappa shape index (κ3) is 2.56. The van der Waals surface area contributed by atoms with Gasteiger partial charge in [0.1, 0.15) is 0 Å². The summed E-state index contributed by atoms with van der Waals surface area (Å²) in [4.78, 5) is 0. The van der Waals surface area contributed by atoms with E-state index in [1.54, 1.807) is 6.26 Å². The summed E-state index contributed by atoms with van der Waals surface area (Å²) < 4.78 is 10.8. The SMILES string of the molecule is CC1CC(N)(CCS(C)=O)C1. The molecule has 0 saturated heterocycles. The molecule has 0 aromatic rings. The van der Waals surface area contributed by atoms with E-state index >= 15 is 0 Å². The maximum atomic E-state index is 10.8. The molecule has 0 aliphatic heterocycles. The predicted octanol–water partition coefficient (Wildman–Crippen LogP) is 0.882. The minimum absolute atomic E-state index is 0.0328. The van der Waals surface area contributed by atoms with Crippen molar-refractivity contribution in [3.8, 4) is 0 Å². The maximum Gasteiger partial charge on any atom is 0.0249 e.